The molecule has 0 saturated carbocycles. The SMILES string of the molecule is Cc1c(Oc2ncc(C(F)(F)F)c(C)c2-c2cc(=O)c3c(N4CCCC4)nccc3[nH]2)ccc(F)c1F. The van der Waals surface area contributed by atoms with Crippen LogP contribution < -0.4 is 15.1 Å². The van der Waals surface area contributed by atoms with Crippen molar-refractivity contribution in [3.63, 3.8) is 0 Å². The van der Waals surface area contributed by atoms with E-state index < -0.39 is 28.8 Å². The van der Waals surface area contributed by atoms with Crippen LogP contribution in [0.2, 0.25) is 0 Å². The van der Waals surface area contributed by atoms with Gasteiger partial charge < -0.3 is 14.6 Å². The van der Waals surface area contributed by atoms with Gasteiger partial charge in [0.05, 0.1) is 27.7 Å². The van der Waals surface area contributed by atoms with E-state index in [0.717, 1.165) is 38.1 Å². The van der Waals surface area contributed by atoms with Crippen LogP contribution in [-0.2, 0) is 6.18 Å². The molecule has 4 aromatic rings. The minimum absolute atomic E-state index is 0.0300. The first-order valence-electron chi connectivity index (χ1n) is 11.5. The van der Waals surface area contributed by atoms with E-state index in [1.807, 2.05) is 4.90 Å². The van der Waals surface area contributed by atoms with Crippen LogP contribution in [0.5, 0.6) is 11.6 Å². The summed E-state index contributed by atoms with van der Waals surface area (Å²) in [4.78, 5) is 26.6. The van der Waals surface area contributed by atoms with Gasteiger partial charge in [-0.1, -0.05) is 0 Å². The molecule has 3 aromatic heterocycles. The van der Waals surface area contributed by atoms with Crippen molar-refractivity contribution in [1.82, 2.24) is 15.0 Å². The highest BCUT2D eigenvalue weighted by atomic mass is 19.4. The minimum atomic E-state index is -4.73. The monoisotopic (exact) mass is 516 g/mol. The zero-order valence-electron chi connectivity index (χ0n) is 19.8. The number of pyridine rings is 3. The third-order valence-corrected chi connectivity index (χ3v) is 6.50. The highest BCUT2D eigenvalue weighted by Gasteiger charge is 2.35. The highest BCUT2D eigenvalue weighted by Crippen LogP contribution is 2.41. The van der Waals surface area contributed by atoms with Crippen molar-refractivity contribution in [3.05, 3.63) is 75.2 Å². The van der Waals surface area contributed by atoms with Crippen molar-refractivity contribution in [3.8, 4) is 22.9 Å². The Hall–Kier alpha value is -4.02. The predicted octanol–water partition coefficient (Wildman–Crippen LogP) is 6.29. The van der Waals surface area contributed by atoms with Gasteiger partial charge >= 0.3 is 6.18 Å². The van der Waals surface area contributed by atoms with Crippen LogP contribution in [0.4, 0.5) is 27.8 Å². The second-order valence-electron chi connectivity index (χ2n) is 8.86. The summed E-state index contributed by atoms with van der Waals surface area (Å²) in [6.07, 6.45) is -0.667. The molecular weight excluding hydrogens is 495 g/mol. The molecule has 0 radical (unpaired) electrons. The lowest BCUT2D eigenvalue weighted by Gasteiger charge is -2.20. The van der Waals surface area contributed by atoms with Gasteiger partial charge in [-0.3, -0.25) is 4.79 Å². The molecule has 192 valence electrons. The van der Waals surface area contributed by atoms with E-state index in [2.05, 4.69) is 15.0 Å². The van der Waals surface area contributed by atoms with Crippen LogP contribution in [0.15, 0.2) is 41.5 Å². The fraction of sp³-hybridized carbons (Fsp3) is 0.269. The number of aromatic nitrogens is 3. The Labute approximate surface area is 207 Å². The number of nitrogens with zero attached hydrogens (tertiary/aromatic N) is 3. The molecule has 0 bridgehead atoms. The summed E-state index contributed by atoms with van der Waals surface area (Å²) in [5.41, 5.74) is -1.61. The maximum absolute atomic E-state index is 14.1. The number of halogens is 5. The van der Waals surface area contributed by atoms with Crippen LogP contribution in [0, 0.1) is 25.5 Å². The number of aromatic amines is 1. The lowest BCUT2D eigenvalue weighted by Crippen LogP contribution is -2.21. The number of alkyl halides is 3. The van der Waals surface area contributed by atoms with Gasteiger partial charge in [0.15, 0.2) is 17.1 Å². The first kappa shape index (κ1) is 24.7. The van der Waals surface area contributed by atoms with Gasteiger partial charge in [0, 0.05) is 37.1 Å². The Morgan fingerprint density at radius 1 is 1.03 bits per heavy atom. The molecule has 5 rings (SSSR count). The largest absolute Gasteiger partial charge is 0.438 e. The molecule has 1 N–H and O–H groups in total. The van der Waals surface area contributed by atoms with Crippen molar-refractivity contribution in [2.24, 2.45) is 0 Å². The molecule has 1 fully saturated rings. The van der Waals surface area contributed by atoms with Crippen LogP contribution in [-0.4, -0.2) is 28.0 Å². The first-order chi connectivity index (χ1) is 17.6. The molecule has 11 heteroatoms. The average molecular weight is 516 g/mol. The number of hydrogen-bond donors (Lipinski definition) is 1. The Kier molecular flexibility index (Phi) is 6.09. The molecule has 1 aliphatic heterocycles. The Balaban J connectivity index is 1.72. The number of rotatable bonds is 4. The second-order valence-corrected chi connectivity index (χ2v) is 8.86. The predicted molar refractivity (Wildman–Crippen MR) is 128 cm³/mol. The van der Waals surface area contributed by atoms with Crippen molar-refractivity contribution in [1.29, 1.82) is 0 Å². The van der Waals surface area contributed by atoms with Gasteiger partial charge in [-0.15, -0.1) is 0 Å². The summed E-state index contributed by atoms with van der Waals surface area (Å²) < 4.78 is 74.7. The smallest absolute Gasteiger partial charge is 0.418 e. The van der Waals surface area contributed by atoms with E-state index in [4.69, 9.17) is 4.74 Å². The summed E-state index contributed by atoms with van der Waals surface area (Å²) in [6, 6.07) is 4.75. The van der Waals surface area contributed by atoms with Gasteiger partial charge in [-0.25, -0.2) is 18.7 Å². The summed E-state index contributed by atoms with van der Waals surface area (Å²) in [5.74, 6) is -2.17. The molecule has 0 amide bonds. The number of H-pyrrole nitrogens is 1. The summed E-state index contributed by atoms with van der Waals surface area (Å²) >= 11 is 0. The molecule has 0 atom stereocenters. The lowest BCUT2D eigenvalue weighted by molar-refractivity contribution is -0.138. The van der Waals surface area contributed by atoms with Crippen molar-refractivity contribution >= 4 is 16.7 Å². The molecule has 37 heavy (non-hydrogen) atoms. The van der Waals surface area contributed by atoms with E-state index in [9.17, 15) is 26.7 Å². The summed E-state index contributed by atoms with van der Waals surface area (Å²) in [6.45, 7) is 4.00. The van der Waals surface area contributed by atoms with Crippen molar-refractivity contribution in [2.45, 2.75) is 32.9 Å². The molecule has 6 nitrogen and oxygen atoms in total. The van der Waals surface area contributed by atoms with Crippen LogP contribution >= 0.6 is 0 Å². The molecule has 0 spiro atoms. The van der Waals surface area contributed by atoms with Crippen molar-refractivity contribution < 1.29 is 26.7 Å². The molecule has 0 aliphatic carbocycles. The topological polar surface area (TPSA) is 71.1 Å². The van der Waals surface area contributed by atoms with E-state index in [0.29, 0.717) is 22.9 Å². The standard InChI is InChI=1S/C26H21F5N4O2/c1-13-15(26(29,30)31)12-33-25(37-20-6-5-16(27)23(28)14(20)2)21(13)18-11-19(36)22-17(34-18)7-8-32-24(22)35-9-3-4-10-35/h5-8,11-12H,3-4,9-10H2,1-2H3,(H,34,36). The normalized spacial score (nSPS) is 14.0. The fourth-order valence-corrected chi connectivity index (χ4v) is 4.59. The number of fused-ring (bicyclic) bond motifs is 1. The van der Waals surface area contributed by atoms with Crippen molar-refractivity contribution in [2.75, 3.05) is 18.0 Å². The average Bonchev–Trinajstić information content (AvgIpc) is 3.38. The third kappa shape index (κ3) is 4.38. The van der Waals surface area contributed by atoms with Gasteiger partial charge in [0.2, 0.25) is 5.88 Å². The number of anilines is 1. The second kappa shape index (κ2) is 9.13. The van der Waals surface area contributed by atoms with Crippen LogP contribution in [0.25, 0.3) is 22.2 Å². The summed E-state index contributed by atoms with van der Waals surface area (Å²) in [7, 11) is 0. The fourth-order valence-electron chi connectivity index (χ4n) is 4.59. The minimum Gasteiger partial charge on any atom is -0.438 e. The number of benzene rings is 1. The number of nitrogens with one attached hydrogen (secondary N) is 1. The van der Waals surface area contributed by atoms with E-state index in [1.54, 1.807) is 6.07 Å². The zero-order chi connectivity index (χ0) is 26.5. The molecule has 1 aliphatic rings. The number of hydrogen-bond acceptors (Lipinski definition) is 5. The zero-order valence-corrected chi connectivity index (χ0v) is 19.8. The van der Waals surface area contributed by atoms with E-state index >= 15 is 0 Å². The third-order valence-electron chi connectivity index (χ3n) is 6.50. The van der Waals surface area contributed by atoms with Gasteiger partial charge in [0.25, 0.3) is 0 Å². The van der Waals surface area contributed by atoms with E-state index in [1.165, 1.54) is 26.1 Å². The molecule has 0 unspecified atom stereocenters. The maximum atomic E-state index is 14.1. The van der Waals surface area contributed by atoms with Gasteiger partial charge in [-0.2, -0.15) is 13.2 Å². The molecular formula is C26H21F5N4O2. The molecule has 1 aromatic carbocycles. The van der Waals surface area contributed by atoms with Gasteiger partial charge in [-0.05, 0) is 50.5 Å². The Morgan fingerprint density at radius 2 is 1.76 bits per heavy atom. The van der Waals surface area contributed by atoms with Crippen LogP contribution in [0.3, 0.4) is 0 Å². The van der Waals surface area contributed by atoms with Gasteiger partial charge in [0.1, 0.15) is 11.6 Å². The van der Waals surface area contributed by atoms with E-state index in [-0.39, 0.29) is 34.0 Å². The first-order valence-corrected chi connectivity index (χ1v) is 11.5. The summed E-state index contributed by atoms with van der Waals surface area (Å²) in [5, 5.41) is 0.324. The Morgan fingerprint density at radius 3 is 2.46 bits per heavy atom. The lowest BCUT2D eigenvalue weighted by atomic mass is 10.0. The molecule has 4 heterocycles. The quantitative estimate of drug-likeness (QED) is 0.323. The van der Waals surface area contributed by atoms with Crippen LogP contribution in [0.1, 0.15) is 29.5 Å². The highest BCUT2D eigenvalue weighted by molar-refractivity contribution is 5.91. The molecule has 1 saturated heterocycles. The Bertz CT molecular complexity index is 1580. The maximum Gasteiger partial charge on any atom is 0.418 e. The number of ether oxygens (including phenoxy) is 1.